The van der Waals surface area contributed by atoms with Crippen LogP contribution >= 0.6 is 0 Å². The van der Waals surface area contributed by atoms with Gasteiger partial charge in [-0.1, -0.05) is 6.07 Å². The summed E-state index contributed by atoms with van der Waals surface area (Å²) in [6.07, 6.45) is 1.40. The van der Waals surface area contributed by atoms with Crippen molar-refractivity contribution in [1.29, 1.82) is 0 Å². The summed E-state index contributed by atoms with van der Waals surface area (Å²) in [5.41, 5.74) is 4.52. The van der Waals surface area contributed by atoms with Crippen molar-refractivity contribution in [2.75, 3.05) is 14.1 Å². The van der Waals surface area contributed by atoms with Gasteiger partial charge in [0, 0.05) is 14.1 Å². The van der Waals surface area contributed by atoms with Crippen molar-refractivity contribution >= 4 is 17.0 Å². The third kappa shape index (κ3) is 2.22. The van der Waals surface area contributed by atoms with E-state index in [0.29, 0.717) is 5.58 Å². The number of benzene rings is 1. The molecule has 1 heterocycles. The molecule has 2 aromatic rings. The summed E-state index contributed by atoms with van der Waals surface area (Å²) in [7, 11) is 3.57. The molecule has 2 rings (SSSR count). The number of nitrogens with zero attached hydrogens (tertiary/aromatic N) is 2. The first-order chi connectivity index (χ1) is 8.41. The SMILES string of the molecule is CN(C)NC(=O)C(C)(C)c1ccc2ncoc2c1. The molecule has 1 amide bonds. The number of hydrogen-bond donors (Lipinski definition) is 1. The van der Waals surface area contributed by atoms with E-state index in [0.717, 1.165) is 11.1 Å². The van der Waals surface area contributed by atoms with E-state index in [-0.39, 0.29) is 5.91 Å². The van der Waals surface area contributed by atoms with Crippen LogP contribution in [0.15, 0.2) is 29.0 Å². The molecule has 5 heteroatoms. The molecule has 0 aliphatic rings. The van der Waals surface area contributed by atoms with Crippen molar-refractivity contribution in [1.82, 2.24) is 15.4 Å². The van der Waals surface area contributed by atoms with E-state index in [1.165, 1.54) is 6.39 Å². The number of carbonyl (C=O) groups excluding carboxylic acids is 1. The van der Waals surface area contributed by atoms with Crippen molar-refractivity contribution in [2.45, 2.75) is 19.3 Å². The molecule has 0 atom stereocenters. The lowest BCUT2D eigenvalue weighted by molar-refractivity contribution is -0.129. The van der Waals surface area contributed by atoms with Crippen molar-refractivity contribution in [3.63, 3.8) is 0 Å². The van der Waals surface area contributed by atoms with Gasteiger partial charge in [0.25, 0.3) is 0 Å². The molecule has 0 saturated heterocycles. The molecule has 0 aliphatic heterocycles. The van der Waals surface area contributed by atoms with Crippen LogP contribution in [0.25, 0.3) is 11.1 Å². The van der Waals surface area contributed by atoms with Crippen LogP contribution in [0.4, 0.5) is 0 Å². The molecule has 1 aromatic carbocycles. The molecule has 0 radical (unpaired) electrons. The molecule has 96 valence electrons. The molecule has 1 aromatic heterocycles. The summed E-state index contributed by atoms with van der Waals surface area (Å²) in [6, 6.07) is 5.62. The van der Waals surface area contributed by atoms with Crippen molar-refractivity contribution in [3.05, 3.63) is 30.2 Å². The molecule has 5 nitrogen and oxygen atoms in total. The lowest BCUT2D eigenvalue weighted by Gasteiger charge is -2.26. The Balaban J connectivity index is 2.35. The van der Waals surface area contributed by atoms with Gasteiger partial charge in [-0.2, -0.15) is 0 Å². The van der Waals surface area contributed by atoms with E-state index in [4.69, 9.17) is 4.42 Å². The van der Waals surface area contributed by atoms with Crippen LogP contribution in [0, 0.1) is 0 Å². The maximum absolute atomic E-state index is 12.2. The normalized spacial score (nSPS) is 12.1. The molecule has 1 N–H and O–H groups in total. The molecule has 0 saturated carbocycles. The standard InChI is InChI=1S/C13H17N3O2/c1-13(2,12(17)15-16(3)4)9-5-6-10-11(7-9)18-8-14-10/h5-8H,1-4H3,(H,15,17). The van der Waals surface area contributed by atoms with E-state index in [9.17, 15) is 4.79 Å². The van der Waals surface area contributed by atoms with Crippen LogP contribution in [0.5, 0.6) is 0 Å². The molecular weight excluding hydrogens is 230 g/mol. The van der Waals surface area contributed by atoms with Gasteiger partial charge in [-0.05, 0) is 31.5 Å². The highest BCUT2D eigenvalue weighted by molar-refractivity contribution is 5.88. The number of nitrogens with one attached hydrogen (secondary N) is 1. The fourth-order valence-corrected chi connectivity index (χ4v) is 1.72. The van der Waals surface area contributed by atoms with Crippen molar-refractivity contribution in [3.8, 4) is 0 Å². The van der Waals surface area contributed by atoms with Gasteiger partial charge in [-0.3, -0.25) is 10.2 Å². The predicted molar refractivity (Wildman–Crippen MR) is 68.9 cm³/mol. The quantitative estimate of drug-likeness (QED) is 0.839. The third-order valence-corrected chi connectivity index (χ3v) is 2.95. The van der Waals surface area contributed by atoms with Crippen LogP contribution in [-0.4, -0.2) is 30.0 Å². The predicted octanol–water partition coefficient (Wildman–Crippen LogP) is 1.70. The van der Waals surface area contributed by atoms with Crippen LogP contribution in [0.1, 0.15) is 19.4 Å². The maximum Gasteiger partial charge on any atom is 0.244 e. The first-order valence-electron chi connectivity index (χ1n) is 5.73. The van der Waals surface area contributed by atoms with Crippen LogP contribution in [0.2, 0.25) is 0 Å². The Hall–Kier alpha value is -1.88. The zero-order valence-electron chi connectivity index (χ0n) is 11.0. The van der Waals surface area contributed by atoms with Gasteiger partial charge in [-0.15, -0.1) is 0 Å². The highest BCUT2D eigenvalue weighted by atomic mass is 16.3. The van der Waals surface area contributed by atoms with Crippen molar-refractivity contribution in [2.24, 2.45) is 0 Å². The van der Waals surface area contributed by atoms with Crippen LogP contribution in [-0.2, 0) is 10.2 Å². The third-order valence-electron chi connectivity index (χ3n) is 2.95. The number of aromatic nitrogens is 1. The van der Waals surface area contributed by atoms with E-state index < -0.39 is 5.41 Å². The number of oxazole rings is 1. The molecule has 0 aliphatic carbocycles. The lowest BCUT2D eigenvalue weighted by Crippen LogP contribution is -2.46. The Morgan fingerprint density at radius 1 is 1.39 bits per heavy atom. The molecule has 0 spiro atoms. The second kappa shape index (κ2) is 4.42. The second-order valence-electron chi connectivity index (χ2n) is 5.00. The molecule has 0 unspecified atom stereocenters. The number of amides is 1. The first-order valence-corrected chi connectivity index (χ1v) is 5.73. The van der Waals surface area contributed by atoms with E-state index in [1.54, 1.807) is 19.1 Å². The molecular formula is C13H17N3O2. The molecule has 0 bridgehead atoms. The van der Waals surface area contributed by atoms with Gasteiger partial charge in [0.1, 0.15) is 5.52 Å². The minimum Gasteiger partial charge on any atom is -0.443 e. The smallest absolute Gasteiger partial charge is 0.244 e. The minimum absolute atomic E-state index is 0.0636. The summed E-state index contributed by atoms with van der Waals surface area (Å²) >= 11 is 0. The first kappa shape index (κ1) is 12.6. The Bertz CT molecular complexity index is 572. The van der Waals surface area contributed by atoms with Gasteiger partial charge in [0.05, 0.1) is 5.41 Å². The van der Waals surface area contributed by atoms with Crippen LogP contribution in [0.3, 0.4) is 0 Å². The van der Waals surface area contributed by atoms with E-state index in [1.807, 2.05) is 32.0 Å². The van der Waals surface area contributed by atoms with Gasteiger partial charge < -0.3 is 4.42 Å². The largest absolute Gasteiger partial charge is 0.443 e. The Morgan fingerprint density at radius 3 is 2.78 bits per heavy atom. The van der Waals surface area contributed by atoms with Gasteiger partial charge in [0.15, 0.2) is 12.0 Å². The van der Waals surface area contributed by atoms with E-state index in [2.05, 4.69) is 10.4 Å². The van der Waals surface area contributed by atoms with Crippen molar-refractivity contribution < 1.29 is 9.21 Å². The Labute approximate surface area is 106 Å². The summed E-state index contributed by atoms with van der Waals surface area (Å²) in [5.74, 6) is -0.0636. The van der Waals surface area contributed by atoms with Crippen LogP contribution < -0.4 is 5.43 Å². The zero-order chi connectivity index (χ0) is 13.3. The van der Waals surface area contributed by atoms with Gasteiger partial charge >= 0.3 is 0 Å². The maximum atomic E-state index is 12.2. The lowest BCUT2D eigenvalue weighted by atomic mass is 9.84. The number of hydrogen-bond acceptors (Lipinski definition) is 4. The summed E-state index contributed by atoms with van der Waals surface area (Å²) in [4.78, 5) is 16.2. The number of fused-ring (bicyclic) bond motifs is 1. The monoisotopic (exact) mass is 247 g/mol. The number of hydrazine groups is 1. The topological polar surface area (TPSA) is 58.4 Å². The number of carbonyl (C=O) groups is 1. The summed E-state index contributed by atoms with van der Waals surface area (Å²) in [5, 5.41) is 1.64. The summed E-state index contributed by atoms with van der Waals surface area (Å²) < 4.78 is 5.26. The molecule has 0 fully saturated rings. The minimum atomic E-state index is -0.634. The molecule has 18 heavy (non-hydrogen) atoms. The van der Waals surface area contributed by atoms with E-state index >= 15 is 0 Å². The average molecular weight is 247 g/mol. The highest BCUT2D eigenvalue weighted by Crippen LogP contribution is 2.26. The fourth-order valence-electron chi connectivity index (χ4n) is 1.72. The van der Waals surface area contributed by atoms with Gasteiger partial charge in [0.2, 0.25) is 5.91 Å². The van der Waals surface area contributed by atoms with Gasteiger partial charge in [-0.25, -0.2) is 9.99 Å². The Morgan fingerprint density at radius 2 is 2.11 bits per heavy atom. The number of rotatable bonds is 3. The fraction of sp³-hybridized carbons (Fsp3) is 0.385. The average Bonchev–Trinajstić information content (AvgIpc) is 2.74. The zero-order valence-corrected chi connectivity index (χ0v) is 11.0. The second-order valence-corrected chi connectivity index (χ2v) is 5.00. The highest BCUT2D eigenvalue weighted by Gasteiger charge is 2.30. The Kier molecular flexibility index (Phi) is 3.09. The summed E-state index contributed by atoms with van der Waals surface area (Å²) in [6.45, 7) is 3.76.